The minimum Gasteiger partial charge on any atom is -0.508 e. The van der Waals surface area contributed by atoms with Crippen molar-refractivity contribution in [1.82, 2.24) is 0 Å². The summed E-state index contributed by atoms with van der Waals surface area (Å²) in [7, 11) is -1.89. The maximum atomic E-state index is 9.84. The van der Waals surface area contributed by atoms with Crippen molar-refractivity contribution in [3.63, 3.8) is 0 Å². The highest BCUT2D eigenvalue weighted by Crippen LogP contribution is 2.52. The molecule has 0 saturated heterocycles. The second kappa shape index (κ2) is 21.6. The van der Waals surface area contributed by atoms with Crippen LogP contribution in [0.15, 0.2) is 72.8 Å². The van der Waals surface area contributed by atoms with Gasteiger partial charge in [0, 0.05) is 18.1 Å². The predicted molar refractivity (Wildman–Crippen MR) is 292 cm³/mol. The molecule has 0 heterocycles. The van der Waals surface area contributed by atoms with Crippen LogP contribution in [0.2, 0.25) is 0 Å². The predicted octanol–water partition coefficient (Wildman–Crippen LogP) is 20.4. The van der Waals surface area contributed by atoms with Gasteiger partial charge in [0.1, 0.15) is 23.0 Å². The Morgan fingerprint density at radius 1 is 0.338 bits per heavy atom. The lowest BCUT2D eigenvalue weighted by Crippen LogP contribution is -2.20. The van der Waals surface area contributed by atoms with Crippen molar-refractivity contribution < 1.29 is 20.1 Å². The van der Waals surface area contributed by atoms with Crippen LogP contribution in [0.1, 0.15) is 212 Å². The molecule has 0 aliphatic carbocycles. The summed E-state index contributed by atoms with van der Waals surface area (Å²) in [5.74, 6) is 1.57. The lowest BCUT2D eigenvalue weighted by atomic mass is 9.80. The van der Waals surface area contributed by atoms with E-state index in [1.54, 1.807) is 6.07 Å². The van der Waals surface area contributed by atoms with E-state index in [1.165, 1.54) is 22.3 Å². The monoisotopic (exact) mass is 992 g/mol. The third-order valence-corrected chi connectivity index (χ3v) is 12.2. The van der Waals surface area contributed by atoms with Crippen LogP contribution in [0.3, 0.4) is 0 Å². The number of phenols is 1. The molecule has 0 aromatic heterocycles. The van der Waals surface area contributed by atoms with Crippen LogP contribution >= 0.6 is 48.3 Å². The van der Waals surface area contributed by atoms with Gasteiger partial charge in [0.25, 0.3) is 0 Å². The van der Waals surface area contributed by atoms with Crippen molar-refractivity contribution in [2.45, 2.75) is 209 Å². The van der Waals surface area contributed by atoms with E-state index in [0.717, 1.165) is 39.5 Å². The Labute approximate surface area is 415 Å². The van der Waals surface area contributed by atoms with E-state index in [-0.39, 0.29) is 44.7 Å². The quantitative estimate of drug-likeness (QED) is 0.196. The molecule has 0 bridgehead atoms. The molecule has 0 unspecified atom stereocenters. The summed E-state index contributed by atoms with van der Waals surface area (Å²) >= 11 is 14.6. The number of hydrogen-bond donors (Lipinski definition) is 1. The smallest absolute Gasteiger partial charge is 0.508 e. The van der Waals surface area contributed by atoms with Gasteiger partial charge in [0.2, 0.25) is 0 Å². The topological polar surface area (TPSA) is 47.9 Å². The zero-order valence-corrected chi connectivity index (χ0v) is 48.7. The Bertz CT molecular complexity index is 2000. The van der Waals surface area contributed by atoms with Crippen LogP contribution in [0.4, 0.5) is 0 Å². The Morgan fingerprint density at radius 2 is 0.538 bits per heavy atom. The molecular weight excluding hydrogens is 905 g/mol. The minimum atomic E-state index is -1.89. The summed E-state index contributed by atoms with van der Waals surface area (Å²) in [6.45, 7) is 53.3. The standard InChI is InChI=1S/C42H63O3P.C14H22O.Cl3P.H2/c1-37(2,3)28-19-22-34(31(25-28)40(10,11)12)43-46(44-35-23-20-29(38(4,5)6)26-32(35)41(13,14)15)45-36-24-21-30(39(7,8)9)27-33(36)42(16,17)18;1-13(2,3)10-7-8-12(15)11(9-10)14(4,5)6;1-4(2)3;/h19-27H,1-18H3;7-9,15H,1-6H3;;1H/i;;;1+1. The van der Waals surface area contributed by atoms with E-state index in [4.69, 9.17) is 47.3 Å². The number of hydrogen-bond acceptors (Lipinski definition) is 4. The molecule has 9 heteroatoms. The Hall–Kier alpha value is -2.19. The summed E-state index contributed by atoms with van der Waals surface area (Å²) in [6.07, 6.45) is 0. The first-order chi connectivity index (χ1) is 28.9. The summed E-state index contributed by atoms with van der Waals surface area (Å²) in [6, 6.07) is 25.6. The first kappa shape index (κ1) is 58.9. The number of halogens is 3. The van der Waals surface area contributed by atoms with Crippen LogP contribution in [0.25, 0.3) is 0 Å². The Morgan fingerprint density at radius 3 is 0.738 bits per heavy atom. The first-order valence-corrected chi connectivity index (χ1v) is 28.0. The molecule has 65 heavy (non-hydrogen) atoms. The van der Waals surface area contributed by atoms with E-state index in [1.807, 2.05) is 6.07 Å². The number of phenolic OH excluding ortho intramolecular Hbond substituents is 1. The first-order valence-electron chi connectivity index (χ1n) is 22.8. The zero-order valence-electron chi connectivity index (χ0n) is 44.6. The normalized spacial score (nSPS) is 13.2. The van der Waals surface area contributed by atoms with Gasteiger partial charge in [-0.2, -0.15) is 0 Å². The highest BCUT2D eigenvalue weighted by Gasteiger charge is 2.33. The summed E-state index contributed by atoms with van der Waals surface area (Å²) in [5.41, 5.74) is 9.26. The Balaban J connectivity index is 0.000000905. The molecule has 4 rings (SSSR count). The van der Waals surface area contributed by atoms with Crippen molar-refractivity contribution >= 4 is 48.3 Å². The third kappa shape index (κ3) is 18.3. The lowest BCUT2D eigenvalue weighted by Gasteiger charge is -2.31. The summed E-state index contributed by atoms with van der Waals surface area (Å²) in [4.78, 5) is 0. The molecule has 366 valence electrons. The van der Waals surface area contributed by atoms with Gasteiger partial charge < -0.3 is 18.7 Å². The third-order valence-electron chi connectivity index (χ3n) is 11.2. The molecule has 0 saturated carbocycles. The maximum absolute atomic E-state index is 9.84. The van der Waals surface area contributed by atoms with Crippen LogP contribution in [0.5, 0.6) is 23.0 Å². The minimum absolute atomic E-state index is 0. The molecule has 0 fully saturated rings. The van der Waals surface area contributed by atoms with E-state index in [0.29, 0.717) is 5.75 Å². The average molecular weight is 994 g/mol. The van der Waals surface area contributed by atoms with Gasteiger partial charge in [-0.25, -0.2) is 0 Å². The highest BCUT2D eigenvalue weighted by atomic mass is 36.0. The van der Waals surface area contributed by atoms with E-state index in [9.17, 15) is 5.11 Å². The highest BCUT2D eigenvalue weighted by molar-refractivity contribution is 8.20. The largest absolute Gasteiger partial charge is 0.530 e. The molecule has 1 N–H and O–H groups in total. The number of aromatic hydroxyl groups is 1. The van der Waals surface area contributed by atoms with Crippen molar-refractivity contribution in [3.05, 3.63) is 117 Å². The van der Waals surface area contributed by atoms with Crippen LogP contribution < -0.4 is 13.6 Å². The van der Waals surface area contributed by atoms with Gasteiger partial charge in [-0.1, -0.05) is 248 Å². The molecule has 0 aliphatic rings. The van der Waals surface area contributed by atoms with Crippen molar-refractivity contribution in [3.8, 4) is 23.0 Å². The fraction of sp³-hybridized carbons (Fsp3) is 0.571. The number of benzene rings is 4. The molecule has 0 spiro atoms. The lowest BCUT2D eigenvalue weighted by molar-refractivity contribution is 0.371. The second-order valence-electron chi connectivity index (χ2n) is 25.6. The molecule has 4 aromatic carbocycles. The van der Waals surface area contributed by atoms with Gasteiger partial charge in [0.15, 0.2) is 5.98 Å². The van der Waals surface area contributed by atoms with Crippen LogP contribution in [-0.2, 0) is 43.3 Å². The molecule has 4 nitrogen and oxygen atoms in total. The zero-order chi connectivity index (χ0) is 50.7. The van der Waals surface area contributed by atoms with Gasteiger partial charge in [-0.15, -0.1) is 0 Å². The summed E-state index contributed by atoms with van der Waals surface area (Å²) in [5, 5.41) is 9.84. The molecule has 0 aliphatic heterocycles. The van der Waals surface area contributed by atoms with Crippen LogP contribution in [0, 0.1) is 0 Å². The van der Waals surface area contributed by atoms with E-state index in [2.05, 4.69) is 227 Å². The molecule has 0 radical (unpaired) electrons. The van der Waals surface area contributed by atoms with Crippen LogP contribution in [-0.4, -0.2) is 5.11 Å². The number of rotatable bonds is 6. The van der Waals surface area contributed by atoms with Crippen molar-refractivity contribution in [1.29, 1.82) is 0 Å². The van der Waals surface area contributed by atoms with E-state index >= 15 is 0 Å². The maximum Gasteiger partial charge on any atom is 0.530 e. The average Bonchev–Trinajstić information content (AvgIpc) is 3.08. The molecular formula is C56H87Cl3O4P2. The molecule has 4 aromatic rings. The van der Waals surface area contributed by atoms with E-state index < -0.39 is 14.6 Å². The van der Waals surface area contributed by atoms with Crippen molar-refractivity contribution in [2.24, 2.45) is 0 Å². The SMILES string of the molecule is CC(C)(C)c1ccc(O)c(C(C)(C)C)c1.CC(C)(C)c1ccc(OP(Oc2ccc(C(C)(C)C)cc2C(C)(C)C)Oc2ccc(C(C)(C)C)cc2C(C)(C)C)c(C(C)(C)C)c1.ClP(Cl)Cl.[2HH]. The molecule has 0 amide bonds. The second-order valence-corrected chi connectivity index (χ2v) is 31.5. The fourth-order valence-corrected chi connectivity index (χ4v) is 7.96. The van der Waals surface area contributed by atoms with Gasteiger partial charge in [-0.3, -0.25) is 0 Å². The Kier molecular flexibility index (Phi) is 19.6. The van der Waals surface area contributed by atoms with Gasteiger partial charge in [-0.05, 0) is 95.4 Å². The van der Waals surface area contributed by atoms with Crippen molar-refractivity contribution in [2.75, 3.05) is 0 Å². The van der Waals surface area contributed by atoms with Gasteiger partial charge >= 0.3 is 8.60 Å². The summed E-state index contributed by atoms with van der Waals surface area (Å²) < 4.78 is 20.7. The molecule has 0 atom stereocenters. The van der Waals surface area contributed by atoms with Gasteiger partial charge in [0.05, 0.1) is 0 Å². The fourth-order valence-electron chi connectivity index (χ4n) is 6.89.